The maximum absolute atomic E-state index is 11.9. The molecule has 1 aliphatic heterocycles. The smallest absolute Gasteiger partial charge is 0.195 e. The molecule has 1 aliphatic rings. The monoisotopic (exact) mass is 255 g/mol. The number of nitrogens with zero attached hydrogens (tertiary/aromatic N) is 2. The number of carbonyl (C=O) groups is 1. The van der Waals surface area contributed by atoms with Gasteiger partial charge in [-0.15, -0.1) is 12.4 Å². The Bertz CT molecular complexity index is 358. The van der Waals surface area contributed by atoms with E-state index in [0.29, 0.717) is 24.8 Å². The largest absolute Gasteiger partial charge is 0.329 e. The van der Waals surface area contributed by atoms with E-state index in [2.05, 4.69) is 9.88 Å². The van der Waals surface area contributed by atoms with E-state index in [0.717, 1.165) is 19.4 Å². The van der Waals surface area contributed by atoms with Gasteiger partial charge in [-0.2, -0.15) is 0 Å². The van der Waals surface area contributed by atoms with Gasteiger partial charge >= 0.3 is 0 Å². The summed E-state index contributed by atoms with van der Waals surface area (Å²) in [6.45, 7) is 2.05. The number of nitrogens with two attached hydrogens (primary N) is 1. The van der Waals surface area contributed by atoms with Gasteiger partial charge in [0.1, 0.15) is 5.69 Å². The SMILES string of the molecule is Cl.NCC1CCCN1CC(=O)c1ccccn1. The lowest BCUT2D eigenvalue weighted by Crippen LogP contribution is -2.38. The Kier molecular flexibility index (Phi) is 5.55. The number of likely N-dealkylation sites (tertiary alicyclic amines) is 1. The number of hydrogen-bond donors (Lipinski definition) is 1. The highest BCUT2D eigenvalue weighted by Gasteiger charge is 2.25. The highest BCUT2D eigenvalue weighted by Crippen LogP contribution is 2.16. The Morgan fingerprint density at radius 1 is 1.53 bits per heavy atom. The maximum atomic E-state index is 11.9. The molecule has 1 saturated heterocycles. The summed E-state index contributed by atoms with van der Waals surface area (Å²) in [4.78, 5) is 18.1. The Morgan fingerprint density at radius 3 is 3.00 bits per heavy atom. The predicted octanol–water partition coefficient (Wildman–Crippen LogP) is 1.11. The van der Waals surface area contributed by atoms with Crippen LogP contribution in [0.15, 0.2) is 24.4 Å². The Balaban J connectivity index is 0.00000144. The second-order valence-corrected chi connectivity index (χ2v) is 4.14. The summed E-state index contributed by atoms with van der Waals surface area (Å²) in [6.07, 6.45) is 3.89. The molecule has 0 radical (unpaired) electrons. The van der Waals surface area contributed by atoms with E-state index in [1.54, 1.807) is 12.3 Å². The van der Waals surface area contributed by atoms with Gasteiger partial charge in [-0.05, 0) is 31.5 Å². The summed E-state index contributed by atoms with van der Waals surface area (Å²) in [5.74, 6) is 0.0842. The molecule has 0 spiro atoms. The predicted molar refractivity (Wildman–Crippen MR) is 69.5 cm³/mol. The number of halogens is 1. The van der Waals surface area contributed by atoms with Crippen molar-refractivity contribution in [3.05, 3.63) is 30.1 Å². The molecule has 1 aromatic heterocycles. The molecular weight excluding hydrogens is 238 g/mol. The minimum absolute atomic E-state index is 0. The molecule has 5 heteroatoms. The molecule has 0 saturated carbocycles. The lowest BCUT2D eigenvalue weighted by Gasteiger charge is -2.21. The van der Waals surface area contributed by atoms with Gasteiger partial charge < -0.3 is 5.73 Å². The third kappa shape index (κ3) is 3.49. The summed E-state index contributed by atoms with van der Waals surface area (Å²) in [5.41, 5.74) is 6.22. The normalized spacial score (nSPS) is 19.9. The molecule has 0 aliphatic carbocycles. The molecule has 2 rings (SSSR count). The van der Waals surface area contributed by atoms with Gasteiger partial charge in [-0.3, -0.25) is 14.7 Å². The van der Waals surface area contributed by atoms with Crippen molar-refractivity contribution in [3.8, 4) is 0 Å². The summed E-state index contributed by atoms with van der Waals surface area (Å²) >= 11 is 0. The van der Waals surface area contributed by atoms with E-state index in [4.69, 9.17) is 5.73 Å². The highest BCUT2D eigenvalue weighted by atomic mass is 35.5. The zero-order chi connectivity index (χ0) is 11.4. The van der Waals surface area contributed by atoms with Crippen LogP contribution in [0.1, 0.15) is 23.3 Å². The Labute approximate surface area is 108 Å². The van der Waals surface area contributed by atoms with Crippen LogP contribution in [0.5, 0.6) is 0 Å². The third-order valence-corrected chi connectivity index (χ3v) is 3.07. The van der Waals surface area contributed by atoms with Gasteiger partial charge in [0.15, 0.2) is 5.78 Å². The molecule has 1 atom stereocenters. The van der Waals surface area contributed by atoms with E-state index in [9.17, 15) is 4.79 Å². The molecule has 1 fully saturated rings. The molecule has 4 nitrogen and oxygen atoms in total. The van der Waals surface area contributed by atoms with Crippen LogP contribution in [0.2, 0.25) is 0 Å². The lowest BCUT2D eigenvalue weighted by molar-refractivity contribution is 0.0919. The van der Waals surface area contributed by atoms with Crippen LogP contribution in [-0.2, 0) is 0 Å². The van der Waals surface area contributed by atoms with Crippen molar-refractivity contribution in [2.45, 2.75) is 18.9 Å². The van der Waals surface area contributed by atoms with Crippen LogP contribution in [0, 0.1) is 0 Å². The van der Waals surface area contributed by atoms with Crippen molar-refractivity contribution >= 4 is 18.2 Å². The maximum Gasteiger partial charge on any atom is 0.195 e. The van der Waals surface area contributed by atoms with Gasteiger partial charge in [0, 0.05) is 18.8 Å². The second-order valence-electron chi connectivity index (χ2n) is 4.14. The molecule has 1 unspecified atom stereocenters. The third-order valence-electron chi connectivity index (χ3n) is 3.07. The van der Waals surface area contributed by atoms with Gasteiger partial charge in [0.05, 0.1) is 6.54 Å². The lowest BCUT2D eigenvalue weighted by atomic mass is 10.2. The molecule has 17 heavy (non-hydrogen) atoms. The van der Waals surface area contributed by atoms with Gasteiger partial charge in [-0.25, -0.2) is 0 Å². The molecule has 1 aromatic rings. The minimum atomic E-state index is 0. The minimum Gasteiger partial charge on any atom is -0.329 e. The molecule has 0 aromatic carbocycles. The van der Waals surface area contributed by atoms with Gasteiger partial charge in [0.25, 0.3) is 0 Å². The Morgan fingerprint density at radius 2 is 2.35 bits per heavy atom. The van der Waals surface area contributed by atoms with Crippen LogP contribution < -0.4 is 5.73 Å². The number of hydrogen-bond acceptors (Lipinski definition) is 4. The summed E-state index contributed by atoms with van der Waals surface area (Å²) in [6, 6.07) is 5.78. The van der Waals surface area contributed by atoms with Crippen LogP contribution in [0.4, 0.5) is 0 Å². The first kappa shape index (κ1) is 14.1. The first-order chi connectivity index (χ1) is 7.81. The number of aromatic nitrogens is 1. The number of carbonyl (C=O) groups excluding carboxylic acids is 1. The Hall–Kier alpha value is -0.970. The number of Topliss-reactive ketones (excluding diaryl/α,β-unsaturated/α-hetero) is 1. The quantitative estimate of drug-likeness (QED) is 0.819. The van der Waals surface area contributed by atoms with Gasteiger partial charge in [-0.1, -0.05) is 6.07 Å². The number of rotatable bonds is 4. The van der Waals surface area contributed by atoms with E-state index in [1.807, 2.05) is 12.1 Å². The van der Waals surface area contributed by atoms with E-state index in [1.165, 1.54) is 0 Å². The van der Waals surface area contributed by atoms with Crippen LogP contribution >= 0.6 is 12.4 Å². The summed E-state index contributed by atoms with van der Waals surface area (Å²) in [7, 11) is 0. The van der Waals surface area contributed by atoms with Gasteiger partial charge in [0.2, 0.25) is 0 Å². The van der Waals surface area contributed by atoms with Crippen molar-refractivity contribution in [1.82, 2.24) is 9.88 Å². The topological polar surface area (TPSA) is 59.2 Å². The van der Waals surface area contributed by atoms with Crippen LogP contribution in [-0.4, -0.2) is 41.3 Å². The molecule has 94 valence electrons. The van der Waals surface area contributed by atoms with Crippen molar-refractivity contribution < 1.29 is 4.79 Å². The first-order valence-corrected chi connectivity index (χ1v) is 5.69. The fourth-order valence-electron chi connectivity index (χ4n) is 2.16. The average molecular weight is 256 g/mol. The summed E-state index contributed by atoms with van der Waals surface area (Å²) in [5, 5.41) is 0. The van der Waals surface area contributed by atoms with E-state index < -0.39 is 0 Å². The molecule has 2 N–H and O–H groups in total. The second kappa shape index (κ2) is 6.69. The van der Waals surface area contributed by atoms with Crippen molar-refractivity contribution in [1.29, 1.82) is 0 Å². The van der Waals surface area contributed by atoms with E-state index >= 15 is 0 Å². The standard InChI is InChI=1S/C12H17N3O.ClH/c13-8-10-4-3-7-15(10)9-12(16)11-5-1-2-6-14-11;/h1-2,5-6,10H,3-4,7-9,13H2;1H. The molecule has 0 amide bonds. The number of ketones is 1. The highest BCUT2D eigenvalue weighted by molar-refractivity contribution is 5.95. The summed E-state index contributed by atoms with van der Waals surface area (Å²) < 4.78 is 0. The fourth-order valence-corrected chi connectivity index (χ4v) is 2.16. The first-order valence-electron chi connectivity index (χ1n) is 5.69. The van der Waals surface area contributed by atoms with Crippen LogP contribution in [0.25, 0.3) is 0 Å². The van der Waals surface area contributed by atoms with Crippen LogP contribution in [0.3, 0.4) is 0 Å². The molecule has 2 heterocycles. The zero-order valence-corrected chi connectivity index (χ0v) is 10.5. The van der Waals surface area contributed by atoms with Crippen molar-refractivity contribution in [2.24, 2.45) is 5.73 Å². The molecular formula is C12H18ClN3O. The zero-order valence-electron chi connectivity index (χ0n) is 9.71. The number of pyridine rings is 1. The van der Waals surface area contributed by atoms with Crippen molar-refractivity contribution in [3.63, 3.8) is 0 Å². The van der Waals surface area contributed by atoms with E-state index in [-0.39, 0.29) is 18.2 Å². The van der Waals surface area contributed by atoms with Crippen molar-refractivity contribution in [2.75, 3.05) is 19.6 Å². The average Bonchev–Trinajstić information content (AvgIpc) is 2.77. The fraction of sp³-hybridized carbons (Fsp3) is 0.500. The molecule has 0 bridgehead atoms.